The van der Waals surface area contributed by atoms with Gasteiger partial charge in [0.05, 0.1) is 0 Å². The second-order valence-electron chi connectivity index (χ2n) is 3.65. The van der Waals surface area contributed by atoms with E-state index >= 15 is 0 Å². The van der Waals surface area contributed by atoms with Crippen LogP contribution in [-0.2, 0) is 0 Å². The van der Waals surface area contributed by atoms with Gasteiger partial charge in [0.2, 0.25) is 0 Å². The summed E-state index contributed by atoms with van der Waals surface area (Å²) in [5.41, 5.74) is 1.23. The number of carbonyl (C=O) groups excluding carboxylic acids is 1. The van der Waals surface area contributed by atoms with Crippen LogP contribution in [0, 0.1) is 0 Å². The molecule has 1 aromatic carbocycles. The summed E-state index contributed by atoms with van der Waals surface area (Å²) in [6.07, 6.45) is -1.21. The third-order valence-corrected chi connectivity index (χ3v) is 2.38. The molecule has 0 atom stereocenters. The van der Waals surface area contributed by atoms with Gasteiger partial charge in [-0.3, -0.25) is 9.78 Å². The van der Waals surface area contributed by atoms with Gasteiger partial charge in [0.25, 0.3) is 0 Å². The standard InChI is InChI=1S/C13H8F3NO2/c14-13(15,16)19-11-2-1-10(8-18)12(7-11)9-3-5-17-6-4-9/h1-8H. The number of alkyl halides is 3. The highest BCUT2D eigenvalue weighted by molar-refractivity contribution is 5.88. The first kappa shape index (κ1) is 13.1. The van der Waals surface area contributed by atoms with Crippen molar-refractivity contribution in [3.63, 3.8) is 0 Å². The van der Waals surface area contributed by atoms with E-state index in [1.807, 2.05) is 0 Å². The molecular formula is C13H8F3NO2. The van der Waals surface area contributed by atoms with Gasteiger partial charge >= 0.3 is 6.36 Å². The zero-order chi connectivity index (χ0) is 13.9. The van der Waals surface area contributed by atoms with Crippen LogP contribution in [0.5, 0.6) is 5.75 Å². The number of rotatable bonds is 3. The van der Waals surface area contributed by atoms with Crippen molar-refractivity contribution >= 4 is 6.29 Å². The summed E-state index contributed by atoms with van der Waals surface area (Å²) in [4.78, 5) is 14.7. The minimum absolute atomic E-state index is 0.278. The van der Waals surface area contributed by atoms with Crippen molar-refractivity contribution in [1.29, 1.82) is 0 Å². The number of benzene rings is 1. The fraction of sp³-hybridized carbons (Fsp3) is 0.0769. The van der Waals surface area contributed by atoms with Crippen molar-refractivity contribution in [3.8, 4) is 16.9 Å². The molecule has 0 unspecified atom stereocenters. The van der Waals surface area contributed by atoms with Gasteiger partial charge in [-0.25, -0.2) is 0 Å². The molecule has 0 N–H and O–H groups in total. The number of halogens is 3. The molecule has 0 aliphatic carbocycles. The molecule has 1 heterocycles. The maximum Gasteiger partial charge on any atom is 0.573 e. The lowest BCUT2D eigenvalue weighted by Gasteiger charge is -2.11. The summed E-state index contributed by atoms with van der Waals surface area (Å²) in [5.74, 6) is -0.370. The lowest BCUT2D eigenvalue weighted by atomic mass is 10.0. The number of aldehydes is 1. The smallest absolute Gasteiger partial charge is 0.406 e. The van der Waals surface area contributed by atoms with Gasteiger partial charge in [0.15, 0.2) is 6.29 Å². The van der Waals surface area contributed by atoms with Crippen LogP contribution in [0.4, 0.5) is 13.2 Å². The Morgan fingerprint density at radius 3 is 2.37 bits per heavy atom. The Kier molecular flexibility index (Phi) is 3.50. The van der Waals surface area contributed by atoms with E-state index in [1.165, 1.54) is 24.5 Å². The summed E-state index contributed by atoms with van der Waals surface area (Å²) in [7, 11) is 0. The zero-order valence-electron chi connectivity index (χ0n) is 9.52. The maximum absolute atomic E-state index is 12.2. The fourth-order valence-corrected chi connectivity index (χ4v) is 1.62. The Balaban J connectivity index is 2.46. The minimum atomic E-state index is -4.77. The van der Waals surface area contributed by atoms with Gasteiger partial charge < -0.3 is 4.74 Å². The molecule has 0 aliphatic heterocycles. The fourth-order valence-electron chi connectivity index (χ4n) is 1.62. The predicted octanol–water partition coefficient (Wildman–Crippen LogP) is 3.46. The summed E-state index contributed by atoms with van der Waals surface area (Å²) in [6, 6.07) is 6.75. The van der Waals surface area contributed by atoms with Gasteiger partial charge in [-0.1, -0.05) is 0 Å². The van der Waals surface area contributed by atoms with E-state index in [0.717, 1.165) is 6.07 Å². The molecule has 2 rings (SSSR count). The molecule has 1 aromatic heterocycles. The highest BCUT2D eigenvalue weighted by Crippen LogP contribution is 2.29. The van der Waals surface area contributed by atoms with Gasteiger partial charge in [-0.2, -0.15) is 0 Å². The molecule has 0 amide bonds. The van der Waals surface area contributed by atoms with E-state index in [1.54, 1.807) is 12.1 Å². The van der Waals surface area contributed by atoms with E-state index in [0.29, 0.717) is 17.4 Å². The average Bonchev–Trinajstić information content (AvgIpc) is 2.38. The third-order valence-electron chi connectivity index (χ3n) is 2.38. The van der Waals surface area contributed by atoms with Crippen molar-refractivity contribution in [2.24, 2.45) is 0 Å². The van der Waals surface area contributed by atoms with Gasteiger partial charge in [-0.05, 0) is 41.5 Å². The van der Waals surface area contributed by atoms with E-state index in [9.17, 15) is 18.0 Å². The Morgan fingerprint density at radius 2 is 1.79 bits per heavy atom. The summed E-state index contributed by atoms with van der Waals surface area (Å²) >= 11 is 0. The van der Waals surface area contributed by atoms with Crippen LogP contribution in [0.25, 0.3) is 11.1 Å². The first-order valence-corrected chi connectivity index (χ1v) is 5.25. The van der Waals surface area contributed by atoms with Crippen molar-refractivity contribution < 1.29 is 22.7 Å². The number of hydrogen-bond donors (Lipinski definition) is 0. The molecule has 2 aromatic rings. The van der Waals surface area contributed by atoms with E-state index in [2.05, 4.69) is 9.72 Å². The highest BCUT2D eigenvalue weighted by Gasteiger charge is 2.31. The highest BCUT2D eigenvalue weighted by atomic mass is 19.4. The van der Waals surface area contributed by atoms with Crippen LogP contribution < -0.4 is 4.74 Å². The predicted molar refractivity (Wildman–Crippen MR) is 61.7 cm³/mol. The number of nitrogens with zero attached hydrogens (tertiary/aromatic N) is 1. The monoisotopic (exact) mass is 267 g/mol. The van der Waals surface area contributed by atoms with Crippen LogP contribution in [0.2, 0.25) is 0 Å². The molecule has 0 radical (unpaired) electrons. The number of hydrogen-bond acceptors (Lipinski definition) is 3. The van der Waals surface area contributed by atoms with Crippen LogP contribution in [-0.4, -0.2) is 17.6 Å². The van der Waals surface area contributed by atoms with Crippen molar-refractivity contribution in [2.75, 3.05) is 0 Å². The maximum atomic E-state index is 12.2. The number of pyridine rings is 1. The summed E-state index contributed by atoms with van der Waals surface area (Å²) < 4.78 is 40.3. The van der Waals surface area contributed by atoms with Crippen LogP contribution in [0.1, 0.15) is 10.4 Å². The van der Waals surface area contributed by atoms with E-state index < -0.39 is 6.36 Å². The Bertz CT molecular complexity index is 582. The van der Waals surface area contributed by atoms with Crippen molar-refractivity contribution in [1.82, 2.24) is 4.98 Å². The molecule has 0 saturated heterocycles. The molecule has 0 fully saturated rings. The molecule has 3 nitrogen and oxygen atoms in total. The lowest BCUT2D eigenvalue weighted by molar-refractivity contribution is -0.274. The molecule has 19 heavy (non-hydrogen) atoms. The molecule has 0 saturated carbocycles. The Hall–Kier alpha value is -2.37. The average molecular weight is 267 g/mol. The first-order valence-electron chi connectivity index (χ1n) is 5.25. The zero-order valence-corrected chi connectivity index (χ0v) is 9.52. The Morgan fingerprint density at radius 1 is 1.11 bits per heavy atom. The largest absolute Gasteiger partial charge is 0.573 e. The molecule has 6 heteroatoms. The van der Waals surface area contributed by atoms with Crippen LogP contribution in [0.15, 0.2) is 42.7 Å². The number of carbonyl (C=O) groups is 1. The van der Waals surface area contributed by atoms with Gasteiger partial charge in [-0.15, -0.1) is 13.2 Å². The number of ether oxygens (including phenoxy) is 1. The van der Waals surface area contributed by atoms with Crippen LogP contribution in [0.3, 0.4) is 0 Å². The second-order valence-corrected chi connectivity index (χ2v) is 3.65. The number of aromatic nitrogens is 1. The SMILES string of the molecule is O=Cc1ccc(OC(F)(F)F)cc1-c1ccncc1. The first-order chi connectivity index (χ1) is 8.99. The normalized spacial score (nSPS) is 11.1. The Labute approximate surface area is 106 Å². The van der Waals surface area contributed by atoms with Crippen molar-refractivity contribution in [2.45, 2.75) is 6.36 Å². The molecule has 0 aliphatic rings. The van der Waals surface area contributed by atoms with Crippen LogP contribution >= 0.6 is 0 Å². The van der Waals surface area contributed by atoms with E-state index in [-0.39, 0.29) is 11.3 Å². The minimum Gasteiger partial charge on any atom is -0.406 e. The second kappa shape index (κ2) is 5.09. The quantitative estimate of drug-likeness (QED) is 0.799. The van der Waals surface area contributed by atoms with Crippen molar-refractivity contribution in [3.05, 3.63) is 48.3 Å². The topological polar surface area (TPSA) is 39.2 Å². The molecular weight excluding hydrogens is 259 g/mol. The van der Waals surface area contributed by atoms with Gasteiger partial charge in [0.1, 0.15) is 5.75 Å². The van der Waals surface area contributed by atoms with Gasteiger partial charge in [0, 0.05) is 18.0 Å². The molecule has 0 bridgehead atoms. The molecule has 0 spiro atoms. The molecule has 98 valence electrons. The summed E-state index contributed by atoms with van der Waals surface area (Å²) in [6.45, 7) is 0. The third kappa shape index (κ3) is 3.31. The summed E-state index contributed by atoms with van der Waals surface area (Å²) in [5, 5.41) is 0. The van der Waals surface area contributed by atoms with E-state index in [4.69, 9.17) is 0 Å². The lowest BCUT2D eigenvalue weighted by Crippen LogP contribution is -2.17.